The summed E-state index contributed by atoms with van der Waals surface area (Å²) in [7, 11) is 0. The van der Waals surface area contributed by atoms with Crippen molar-refractivity contribution in [3.05, 3.63) is 122 Å². The van der Waals surface area contributed by atoms with Gasteiger partial charge in [-0.25, -0.2) is 4.79 Å². The second-order valence-electron chi connectivity index (χ2n) is 7.45. The Morgan fingerprint density at radius 1 is 1.06 bits per heavy atom. The summed E-state index contributed by atoms with van der Waals surface area (Å²) >= 11 is 5.92. The van der Waals surface area contributed by atoms with Crippen LogP contribution in [0.5, 0.6) is 0 Å². The van der Waals surface area contributed by atoms with Gasteiger partial charge in [0.15, 0.2) is 5.69 Å². The molecular formula is C25H21ClN4O4. The molecule has 1 amide bonds. The van der Waals surface area contributed by atoms with Crippen molar-refractivity contribution < 1.29 is 9.21 Å². The zero-order valence-corrected chi connectivity index (χ0v) is 18.7. The summed E-state index contributed by atoms with van der Waals surface area (Å²) in [4.78, 5) is 42.1. The Balaban J connectivity index is 1.75. The lowest BCUT2D eigenvalue weighted by molar-refractivity contribution is -0.114. The van der Waals surface area contributed by atoms with Gasteiger partial charge in [-0.1, -0.05) is 54.1 Å². The number of benzene rings is 2. The SMILES string of the molecule is Nc1c(N(Cc2ccco2)C(=O)/C=C/c2ccc(Cl)cc2)c(=O)[nH]c(=O)n1Cc1ccccc1. The van der Waals surface area contributed by atoms with E-state index in [1.54, 1.807) is 42.5 Å². The van der Waals surface area contributed by atoms with Crippen LogP contribution in [-0.4, -0.2) is 15.5 Å². The van der Waals surface area contributed by atoms with Crippen molar-refractivity contribution in [1.82, 2.24) is 9.55 Å². The van der Waals surface area contributed by atoms with Crippen LogP contribution in [-0.2, 0) is 17.9 Å². The molecule has 0 aliphatic rings. The van der Waals surface area contributed by atoms with Crippen LogP contribution in [0.1, 0.15) is 16.9 Å². The standard InChI is InChI=1S/C25H21ClN4O4/c26-19-11-8-17(9-12-19)10-13-21(31)29(16-20-7-4-14-34-20)22-23(27)30(25(33)28-24(22)32)15-18-5-2-1-3-6-18/h1-14H,15-16,27H2,(H,28,32,33)/b13-10+. The number of aromatic amines is 1. The number of hydrogen-bond acceptors (Lipinski definition) is 5. The van der Waals surface area contributed by atoms with Gasteiger partial charge in [-0.15, -0.1) is 0 Å². The Morgan fingerprint density at radius 3 is 2.47 bits per heavy atom. The van der Waals surface area contributed by atoms with Crippen LogP contribution in [0.2, 0.25) is 5.02 Å². The number of nitrogens with zero attached hydrogens (tertiary/aromatic N) is 2. The number of rotatable bonds is 7. The highest BCUT2D eigenvalue weighted by molar-refractivity contribution is 6.30. The van der Waals surface area contributed by atoms with E-state index in [1.165, 1.54) is 21.8 Å². The third kappa shape index (κ3) is 5.19. The van der Waals surface area contributed by atoms with Gasteiger partial charge in [-0.3, -0.25) is 24.0 Å². The topological polar surface area (TPSA) is 114 Å². The van der Waals surface area contributed by atoms with Crippen LogP contribution in [0.15, 0.2) is 93.1 Å². The number of furan rings is 1. The molecule has 0 unspecified atom stereocenters. The highest BCUT2D eigenvalue weighted by Gasteiger charge is 2.24. The van der Waals surface area contributed by atoms with Crippen molar-refractivity contribution in [2.75, 3.05) is 10.6 Å². The van der Waals surface area contributed by atoms with E-state index in [0.717, 1.165) is 11.1 Å². The van der Waals surface area contributed by atoms with Crippen LogP contribution in [0, 0.1) is 0 Å². The maximum Gasteiger partial charge on any atom is 0.330 e. The van der Waals surface area contributed by atoms with Gasteiger partial charge in [-0.05, 0) is 41.5 Å². The van der Waals surface area contributed by atoms with Crippen LogP contribution < -0.4 is 21.9 Å². The van der Waals surface area contributed by atoms with Gasteiger partial charge in [0.25, 0.3) is 11.5 Å². The summed E-state index contributed by atoms with van der Waals surface area (Å²) in [6.45, 7) is 0.0618. The van der Waals surface area contributed by atoms with Gasteiger partial charge < -0.3 is 10.2 Å². The number of H-pyrrole nitrogens is 1. The minimum absolute atomic E-state index is 0.0619. The predicted octanol–water partition coefficient (Wildman–Crippen LogP) is 3.66. The molecule has 0 fully saturated rings. The molecule has 2 aromatic heterocycles. The Morgan fingerprint density at radius 2 is 1.79 bits per heavy atom. The molecule has 0 atom stereocenters. The number of halogens is 1. The first-order valence-electron chi connectivity index (χ1n) is 10.4. The second kappa shape index (κ2) is 10.1. The van der Waals surface area contributed by atoms with E-state index in [2.05, 4.69) is 4.98 Å². The number of amides is 1. The quantitative estimate of drug-likeness (QED) is 0.395. The molecule has 4 aromatic rings. The predicted molar refractivity (Wildman–Crippen MR) is 132 cm³/mol. The molecule has 0 radical (unpaired) electrons. The Hall–Kier alpha value is -4.30. The first-order chi connectivity index (χ1) is 16.4. The van der Waals surface area contributed by atoms with Gasteiger partial charge in [0, 0.05) is 11.1 Å². The van der Waals surface area contributed by atoms with Crippen LogP contribution in [0.4, 0.5) is 11.5 Å². The second-order valence-corrected chi connectivity index (χ2v) is 7.89. The highest BCUT2D eigenvalue weighted by Crippen LogP contribution is 2.21. The fourth-order valence-electron chi connectivity index (χ4n) is 3.42. The molecule has 4 rings (SSSR count). The van der Waals surface area contributed by atoms with Gasteiger partial charge >= 0.3 is 5.69 Å². The van der Waals surface area contributed by atoms with E-state index >= 15 is 0 Å². The third-order valence-corrected chi connectivity index (χ3v) is 5.37. The summed E-state index contributed by atoms with van der Waals surface area (Å²) in [5, 5.41) is 0.572. The third-order valence-electron chi connectivity index (χ3n) is 5.12. The van der Waals surface area contributed by atoms with Crippen molar-refractivity contribution >= 4 is 35.1 Å². The van der Waals surface area contributed by atoms with Gasteiger partial charge in [0.2, 0.25) is 0 Å². The van der Waals surface area contributed by atoms with Crippen molar-refractivity contribution in [3.8, 4) is 0 Å². The largest absolute Gasteiger partial charge is 0.467 e. The average molecular weight is 477 g/mol. The molecule has 9 heteroatoms. The fourth-order valence-corrected chi connectivity index (χ4v) is 3.54. The van der Waals surface area contributed by atoms with Gasteiger partial charge in [0.1, 0.15) is 11.6 Å². The monoisotopic (exact) mass is 476 g/mol. The lowest BCUT2D eigenvalue weighted by Crippen LogP contribution is -2.40. The molecule has 172 valence electrons. The van der Waals surface area contributed by atoms with E-state index in [9.17, 15) is 14.4 Å². The van der Waals surface area contributed by atoms with E-state index in [0.29, 0.717) is 10.8 Å². The number of nitrogens with two attached hydrogens (primary N) is 1. The van der Waals surface area contributed by atoms with Crippen LogP contribution in [0.25, 0.3) is 6.08 Å². The van der Waals surface area contributed by atoms with Gasteiger partial charge in [0.05, 0.1) is 19.4 Å². The molecule has 0 saturated carbocycles. The number of nitrogen functional groups attached to an aromatic ring is 1. The van der Waals surface area contributed by atoms with E-state index in [1.807, 2.05) is 30.3 Å². The van der Waals surface area contributed by atoms with Crippen molar-refractivity contribution in [1.29, 1.82) is 0 Å². The van der Waals surface area contributed by atoms with Crippen molar-refractivity contribution in [2.24, 2.45) is 0 Å². The first-order valence-corrected chi connectivity index (χ1v) is 10.7. The van der Waals surface area contributed by atoms with Crippen molar-refractivity contribution in [2.45, 2.75) is 13.1 Å². The smallest absolute Gasteiger partial charge is 0.330 e. The van der Waals surface area contributed by atoms with E-state index < -0.39 is 17.2 Å². The van der Waals surface area contributed by atoms with Crippen LogP contribution in [0.3, 0.4) is 0 Å². The lowest BCUT2D eigenvalue weighted by Gasteiger charge is -2.22. The molecule has 0 saturated heterocycles. The number of nitrogens with one attached hydrogen (secondary N) is 1. The number of carbonyl (C=O) groups excluding carboxylic acids is 1. The van der Waals surface area contributed by atoms with E-state index in [4.69, 9.17) is 21.8 Å². The van der Waals surface area contributed by atoms with E-state index in [-0.39, 0.29) is 24.6 Å². The Labute approximate surface area is 199 Å². The summed E-state index contributed by atoms with van der Waals surface area (Å²) in [5.41, 5.74) is 6.27. The zero-order chi connectivity index (χ0) is 24.1. The maximum absolute atomic E-state index is 13.2. The number of hydrogen-bond donors (Lipinski definition) is 2. The molecule has 0 aliphatic carbocycles. The summed E-state index contributed by atoms with van der Waals surface area (Å²) in [5.74, 6) is -0.210. The molecule has 0 aliphatic heterocycles. The molecule has 34 heavy (non-hydrogen) atoms. The number of carbonyl (C=O) groups is 1. The molecular weight excluding hydrogens is 456 g/mol. The van der Waals surface area contributed by atoms with Gasteiger partial charge in [-0.2, -0.15) is 0 Å². The number of aromatic nitrogens is 2. The molecule has 2 heterocycles. The molecule has 0 bridgehead atoms. The molecule has 3 N–H and O–H groups in total. The summed E-state index contributed by atoms with van der Waals surface area (Å²) in [6.07, 6.45) is 4.38. The lowest BCUT2D eigenvalue weighted by atomic mass is 10.2. The summed E-state index contributed by atoms with van der Waals surface area (Å²) in [6, 6.07) is 19.4. The Bertz CT molecular complexity index is 1420. The first kappa shape index (κ1) is 22.9. The Kier molecular flexibility index (Phi) is 6.79. The number of anilines is 2. The average Bonchev–Trinajstić information content (AvgIpc) is 3.34. The minimum atomic E-state index is -0.772. The highest BCUT2D eigenvalue weighted by atomic mass is 35.5. The molecule has 0 spiro atoms. The summed E-state index contributed by atoms with van der Waals surface area (Å²) < 4.78 is 6.61. The zero-order valence-electron chi connectivity index (χ0n) is 18.0. The van der Waals surface area contributed by atoms with Crippen molar-refractivity contribution in [3.63, 3.8) is 0 Å². The van der Waals surface area contributed by atoms with Crippen LogP contribution >= 0.6 is 11.6 Å². The minimum Gasteiger partial charge on any atom is -0.467 e. The maximum atomic E-state index is 13.2. The molecule has 2 aromatic carbocycles. The fraction of sp³-hybridized carbons (Fsp3) is 0.0800. The normalized spacial score (nSPS) is 11.1. The molecule has 8 nitrogen and oxygen atoms in total.